The number of hydrogen-bond donors (Lipinski definition) is 2. The summed E-state index contributed by atoms with van der Waals surface area (Å²) in [5.41, 5.74) is 3.93. The first kappa shape index (κ1) is 17.5. The first-order valence-electron chi connectivity index (χ1n) is 8.48. The first-order chi connectivity index (χ1) is 12.6. The van der Waals surface area contributed by atoms with Crippen molar-refractivity contribution in [2.75, 3.05) is 17.2 Å². The highest BCUT2D eigenvalue weighted by Crippen LogP contribution is 2.20. The van der Waals surface area contributed by atoms with Crippen LogP contribution in [0.3, 0.4) is 0 Å². The molecular formula is C21H21N3O2. The zero-order chi connectivity index (χ0) is 18.4. The summed E-state index contributed by atoms with van der Waals surface area (Å²) in [6.07, 6.45) is 1.61. The Bertz CT molecular complexity index is 875. The van der Waals surface area contributed by atoms with Gasteiger partial charge >= 0.3 is 0 Å². The van der Waals surface area contributed by atoms with E-state index in [0.29, 0.717) is 12.3 Å². The number of nitrogens with one attached hydrogen (secondary N) is 2. The number of anilines is 3. The molecule has 0 unspecified atom stereocenters. The second-order valence-electron chi connectivity index (χ2n) is 5.83. The van der Waals surface area contributed by atoms with E-state index in [9.17, 15) is 4.79 Å². The van der Waals surface area contributed by atoms with Crippen molar-refractivity contribution in [2.24, 2.45) is 0 Å². The summed E-state index contributed by atoms with van der Waals surface area (Å²) in [5, 5.41) is 6.12. The molecule has 132 valence electrons. The number of benzene rings is 2. The van der Waals surface area contributed by atoms with E-state index in [1.165, 1.54) is 0 Å². The van der Waals surface area contributed by atoms with E-state index in [4.69, 9.17) is 4.74 Å². The molecule has 5 heteroatoms. The Morgan fingerprint density at radius 1 is 0.962 bits per heavy atom. The fourth-order valence-corrected chi connectivity index (χ4v) is 2.43. The minimum absolute atomic E-state index is 0.246. The van der Waals surface area contributed by atoms with Gasteiger partial charge in [0.05, 0.1) is 6.61 Å². The lowest BCUT2D eigenvalue weighted by Crippen LogP contribution is -2.13. The van der Waals surface area contributed by atoms with Crippen molar-refractivity contribution in [1.82, 2.24) is 4.98 Å². The first-order valence-corrected chi connectivity index (χ1v) is 8.48. The average molecular weight is 347 g/mol. The van der Waals surface area contributed by atoms with E-state index in [1.54, 1.807) is 12.3 Å². The van der Waals surface area contributed by atoms with E-state index in [0.717, 1.165) is 28.4 Å². The maximum atomic E-state index is 12.4. The summed E-state index contributed by atoms with van der Waals surface area (Å²) in [6.45, 7) is 4.59. The highest BCUT2D eigenvalue weighted by molar-refractivity contribution is 6.03. The van der Waals surface area contributed by atoms with Gasteiger partial charge in [-0.3, -0.25) is 9.78 Å². The second kappa shape index (κ2) is 8.16. The van der Waals surface area contributed by atoms with Crippen LogP contribution in [-0.4, -0.2) is 17.5 Å². The van der Waals surface area contributed by atoms with Crippen LogP contribution in [0.4, 0.5) is 17.1 Å². The maximum absolute atomic E-state index is 12.4. The Morgan fingerprint density at radius 2 is 1.65 bits per heavy atom. The van der Waals surface area contributed by atoms with Crippen molar-refractivity contribution in [2.45, 2.75) is 13.8 Å². The normalized spacial score (nSPS) is 10.2. The molecule has 0 atom stereocenters. The predicted octanol–water partition coefficient (Wildman–Crippen LogP) is 4.78. The van der Waals surface area contributed by atoms with Gasteiger partial charge in [0.2, 0.25) is 0 Å². The summed E-state index contributed by atoms with van der Waals surface area (Å²) in [6, 6.07) is 18.8. The number of rotatable bonds is 6. The summed E-state index contributed by atoms with van der Waals surface area (Å²) < 4.78 is 5.43. The summed E-state index contributed by atoms with van der Waals surface area (Å²) in [5.74, 6) is 0.579. The van der Waals surface area contributed by atoms with Gasteiger partial charge in [0.1, 0.15) is 11.4 Å². The molecule has 2 aromatic carbocycles. The molecule has 26 heavy (non-hydrogen) atoms. The predicted molar refractivity (Wildman–Crippen MR) is 104 cm³/mol. The van der Waals surface area contributed by atoms with Crippen molar-refractivity contribution < 1.29 is 9.53 Å². The van der Waals surface area contributed by atoms with Gasteiger partial charge < -0.3 is 15.4 Å². The minimum Gasteiger partial charge on any atom is -0.494 e. The van der Waals surface area contributed by atoms with Crippen LogP contribution in [0.1, 0.15) is 23.0 Å². The lowest BCUT2D eigenvalue weighted by molar-refractivity contribution is 0.102. The fraction of sp³-hybridized carbons (Fsp3) is 0.143. The van der Waals surface area contributed by atoms with Gasteiger partial charge in [0.15, 0.2) is 0 Å². The molecule has 0 fully saturated rings. The Morgan fingerprint density at radius 3 is 2.35 bits per heavy atom. The molecule has 0 bridgehead atoms. The van der Waals surface area contributed by atoms with Crippen LogP contribution in [0, 0.1) is 6.92 Å². The molecular weight excluding hydrogens is 326 g/mol. The van der Waals surface area contributed by atoms with Crippen molar-refractivity contribution in [3.8, 4) is 5.75 Å². The maximum Gasteiger partial charge on any atom is 0.274 e. The molecule has 3 aromatic rings. The molecule has 1 aromatic heterocycles. The van der Waals surface area contributed by atoms with Gasteiger partial charge in [0, 0.05) is 23.3 Å². The van der Waals surface area contributed by atoms with E-state index in [2.05, 4.69) is 15.6 Å². The Kier molecular flexibility index (Phi) is 5.49. The number of carbonyl (C=O) groups is 1. The minimum atomic E-state index is -0.246. The van der Waals surface area contributed by atoms with Crippen molar-refractivity contribution in [1.29, 1.82) is 0 Å². The molecule has 0 spiro atoms. The lowest BCUT2D eigenvalue weighted by Gasteiger charge is -2.10. The zero-order valence-electron chi connectivity index (χ0n) is 14.8. The summed E-state index contributed by atoms with van der Waals surface area (Å²) in [7, 11) is 0. The van der Waals surface area contributed by atoms with Crippen LogP contribution in [-0.2, 0) is 0 Å². The number of pyridine rings is 1. The molecule has 1 heterocycles. The summed E-state index contributed by atoms with van der Waals surface area (Å²) >= 11 is 0. The second-order valence-corrected chi connectivity index (χ2v) is 5.83. The van der Waals surface area contributed by atoms with E-state index < -0.39 is 0 Å². The van der Waals surface area contributed by atoms with Crippen LogP contribution in [0.15, 0.2) is 66.9 Å². The zero-order valence-corrected chi connectivity index (χ0v) is 14.8. The molecule has 0 saturated heterocycles. The van der Waals surface area contributed by atoms with Gasteiger partial charge in [-0.1, -0.05) is 17.7 Å². The smallest absolute Gasteiger partial charge is 0.274 e. The molecule has 1 amide bonds. The molecule has 3 rings (SSSR count). The monoisotopic (exact) mass is 347 g/mol. The van der Waals surface area contributed by atoms with E-state index >= 15 is 0 Å². The number of aryl methyl sites for hydroxylation is 1. The van der Waals surface area contributed by atoms with Gasteiger partial charge in [-0.2, -0.15) is 0 Å². The van der Waals surface area contributed by atoms with Gasteiger partial charge in [-0.15, -0.1) is 0 Å². The molecule has 0 aliphatic carbocycles. The third-order valence-corrected chi connectivity index (χ3v) is 3.76. The Hall–Kier alpha value is -3.34. The highest BCUT2D eigenvalue weighted by atomic mass is 16.5. The lowest BCUT2D eigenvalue weighted by atomic mass is 10.2. The standard InChI is InChI=1S/C21H21N3O2/c1-3-26-19-10-8-16(9-11-19)23-18-12-13-22-20(14-18)21(25)24-17-6-4-15(2)5-7-17/h4-14H,3H2,1-2H3,(H,22,23)(H,24,25). The molecule has 5 nitrogen and oxygen atoms in total. The van der Waals surface area contributed by atoms with Crippen LogP contribution >= 0.6 is 0 Å². The number of carbonyl (C=O) groups excluding carboxylic acids is 1. The van der Waals surface area contributed by atoms with E-state index in [1.807, 2.05) is 68.4 Å². The van der Waals surface area contributed by atoms with Crippen molar-refractivity contribution in [3.63, 3.8) is 0 Å². The summed E-state index contributed by atoms with van der Waals surface area (Å²) in [4.78, 5) is 16.6. The van der Waals surface area contributed by atoms with Gasteiger partial charge in [-0.25, -0.2) is 0 Å². The largest absolute Gasteiger partial charge is 0.494 e. The number of amides is 1. The Balaban J connectivity index is 1.69. The van der Waals surface area contributed by atoms with E-state index in [-0.39, 0.29) is 5.91 Å². The van der Waals surface area contributed by atoms with Crippen LogP contribution < -0.4 is 15.4 Å². The molecule has 0 aliphatic heterocycles. The van der Waals surface area contributed by atoms with Crippen molar-refractivity contribution >= 4 is 23.0 Å². The number of ether oxygens (including phenoxy) is 1. The van der Waals surface area contributed by atoms with Crippen LogP contribution in [0.2, 0.25) is 0 Å². The Labute approximate surface area is 153 Å². The quantitative estimate of drug-likeness (QED) is 0.673. The fourth-order valence-electron chi connectivity index (χ4n) is 2.43. The van der Waals surface area contributed by atoms with Gasteiger partial charge in [0.25, 0.3) is 5.91 Å². The molecule has 0 radical (unpaired) electrons. The number of aromatic nitrogens is 1. The van der Waals surface area contributed by atoms with Crippen molar-refractivity contribution in [3.05, 3.63) is 78.1 Å². The SMILES string of the molecule is CCOc1ccc(Nc2ccnc(C(=O)Nc3ccc(C)cc3)c2)cc1. The third-order valence-electron chi connectivity index (χ3n) is 3.76. The number of hydrogen-bond acceptors (Lipinski definition) is 4. The highest BCUT2D eigenvalue weighted by Gasteiger charge is 2.08. The topological polar surface area (TPSA) is 63.2 Å². The third kappa shape index (κ3) is 4.60. The molecule has 0 aliphatic rings. The number of nitrogens with zero attached hydrogens (tertiary/aromatic N) is 1. The molecule has 0 saturated carbocycles. The van der Waals surface area contributed by atoms with Gasteiger partial charge in [-0.05, 0) is 62.4 Å². The average Bonchev–Trinajstić information content (AvgIpc) is 2.66. The van der Waals surface area contributed by atoms with Crippen LogP contribution in [0.5, 0.6) is 5.75 Å². The van der Waals surface area contributed by atoms with Crippen LogP contribution in [0.25, 0.3) is 0 Å². The molecule has 2 N–H and O–H groups in total.